The zero-order chi connectivity index (χ0) is 15.5. The van der Waals surface area contributed by atoms with Crippen molar-refractivity contribution in [1.82, 2.24) is 0 Å². The molecule has 3 aromatic rings. The molecule has 0 aliphatic heterocycles. The average molecular weight is 359 g/mol. The molecule has 0 aliphatic carbocycles. The fraction of sp³-hybridized carbons (Fsp3) is 0.0556. The number of halogens is 2. The fourth-order valence-corrected chi connectivity index (χ4v) is 2.85. The van der Waals surface area contributed by atoms with Crippen LogP contribution in [0.4, 0.5) is 4.39 Å². The van der Waals surface area contributed by atoms with E-state index in [-0.39, 0.29) is 12.4 Å². The second-order valence-corrected chi connectivity index (χ2v) is 5.64. The number of hydrogen-bond acceptors (Lipinski definition) is 2. The minimum atomic E-state index is -0.415. The normalized spacial score (nSPS) is 10.6. The standard InChI is InChI=1S/C18H12BrFO2/c19-17-15-4-2-1-3-13(15)7-10-16(17)18(21)22-11-12-5-8-14(20)9-6-12/h1-10H,11H2. The van der Waals surface area contributed by atoms with Crippen molar-refractivity contribution in [3.8, 4) is 0 Å². The van der Waals surface area contributed by atoms with Crippen LogP contribution in [0, 0.1) is 5.82 Å². The van der Waals surface area contributed by atoms with Gasteiger partial charge in [-0.2, -0.15) is 0 Å². The lowest BCUT2D eigenvalue weighted by molar-refractivity contribution is 0.0472. The van der Waals surface area contributed by atoms with Gasteiger partial charge in [-0.1, -0.05) is 42.5 Å². The first-order chi connectivity index (χ1) is 10.6. The molecule has 2 nitrogen and oxygen atoms in total. The van der Waals surface area contributed by atoms with E-state index in [1.807, 2.05) is 30.3 Å². The van der Waals surface area contributed by atoms with E-state index in [9.17, 15) is 9.18 Å². The van der Waals surface area contributed by atoms with Crippen LogP contribution in [-0.2, 0) is 11.3 Å². The zero-order valence-electron chi connectivity index (χ0n) is 11.6. The zero-order valence-corrected chi connectivity index (χ0v) is 13.1. The number of carbonyl (C=O) groups is 1. The van der Waals surface area contributed by atoms with Crippen LogP contribution in [0.2, 0.25) is 0 Å². The predicted molar refractivity (Wildman–Crippen MR) is 87.2 cm³/mol. The Hall–Kier alpha value is -2.20. The van der Waals surface area contributed by atoms with Crippen molar-refractivity contribution in [2.75, 3.05) is 0 Å². The molecule has 0 radical (unpaired) electrons. The van der Waals surface area contributed by atoms with Gasteiger partial charge in [-0.3, -0.25) is 0 Å². The first kappa shape index (κ1) is 14.7. The summed E-state index contributed by atoms with van der Waals surface area (Å²) < 4.78 is 18.8. The third-order valence-electron chi connectivity index (χ3n) is 3.37. The molecule has 0 aliphatic rings. The van der Waals surface area contributed by atoms with Gasteiger partial charge in [0.1, 0.15) is 12.4 Å². The monoisotopic (exact) mass is 358 g/mol. The number of hydrogen-bond donors (Lipinski definition) is 0. The van der Waals surface area contributed by atoms with Crippen LogP contribution >= 0.6 is 15.9 Å². The highest BCUT2D eigenvalue weighted by atomic mass is 79.9. The Morgan fingerprint density at radius 1 is 1.00 bits per heavy atom. The average Bonchev–Trinajstić information content (AvgIpc) is 2.55. The van der Waals surface area contributed by atoms with Crippen molar-refractivity contribution < 1.29 is 13.9 Å². The van der Waals surface area contributed by atoms with E-state index in [4.69, 9.17) is 4.74 Å². The molecule has 0 saturated carbocycles. The van der Waals surface area contributed by atoms with Crippen molar-refractivity contribution in [3.05, 3.63) is 82.1 Å². The Balaban J connectivity index is 1.80. The second-order valence-electron chi connectivity index (χ2n) is 4.85. The van der Waals surface area contributed by atoms with Crippen molar-refractivity contribution in [1.29, 1.82) is 0 Å². The van der Waals surface area contributed by atoms with Crippen molar-refractivity contribution in [2.45, 2.75) is 6.61 Å². The van der Waals surface area contributed by atoms with Gasteiger partial charge in [0.15, 0.2) is 0 Å². The first-order valence-corrected chi connectivity index (χ1v) is 7.53. The van der Waals surface area contributed by atoms with Gasteiger partial charge in [-0.15, -0.1) is 0 Å². The summed E-state index contributed by atoms with van der Waals surface area (Å²) in [6.07, 6.45) is 0. The van der Waals surface area contributed by atoms with E-state index in [0.29, 0.717) is 5.56 Å². The molecule has 3 rings (SSSR count). The lowest BCUT2D eigenvalue weighted by Gasteiger charge is -2.09. The molecule has 0 saturated heterocycles. The summed E-state index contributed by atoms with van der Waals surface area (Å²) in [5, 5.41) is 2.00. The summed E-state index contributed by atoms with van der Waals surface area (Å²) in [6.45, 7) is 0.110. The van der Waals surface area contributed by atoms with Gasteiger partial charge < -0.3 is 4.74 Å². The van der Waals surface area contributed by atoms with E-state index < -0.39 is 5.97 Å². The smallest absolute Gasteiger partial charge is 0.339 e. The molecule has 0 fully saturated rings. The molecular formula is C18H12BrFO2. The highest BCUT2D eigenvalue weighted by Crippen LogP contribution is 2.28. The van der Waals surface area contributed by atoms with Crippen molar-refractivity contribution in [3.63, 3.8) is 0 Å². The van der Waals surface area contributed by atoms with E-state index in [1.165, 1.54) is 12.1 Å². The summed E-state index contributed by atoms with van der Waals surface area (Å²) in [4.78, 5) is 12.2. The molecule has 3 aromatic carbocycles. The molecule has 110 valence electrons. The molecule has 0 amide bonds. The van der Waals surface area contributed by atoms with Crippen LogP contribution in [0.5, 0.6) is 0 Å². The Kier molecular flexibility index (Phi) is 4.20. The highest BCUT2D eigenvalue weighted by Gasteiger charge is 2.14. The molecule has 0 spiro atoms. The first-order valence-electron chi connectivity index (χ1n) is 6.74. The van der Waals surface area contributed by atoms with Gasteiger partial charge in [0.2, 0.25) is 0 Å². The number of benzene rings is 3. The van der Waals surface area contributed by atoms with Crippen LogP contribution < -0.4 is 0 Å². The molecule has 0 unspecified atom stereocenters. The number of rotatable bonds is 3. The number of esters is 1. The number of fused-ring (bicyclic) bond motifs is 1. The lowest BCUT2D eigenvalue weighted by atomic mass is 10.1. The molecule has 0 aromatic heterocycles. The molecule has 0 N–H and O–H groups in total. The van der Waals surface area contributed by atoms with Crippen LogP contribution in [0.15, 0.2) is 65.1 Å². The second kappa shape index (κ2) is 6.28. The highest BCUT2D eigenvalue weighted by molar-refractivity contribution is 9.10. The van der Waals surface area contributed by atoms with Gasteiger partial charge in [0.05, 0.1) is 5.56 Å². The topological polar surface area (TPSA) is 26.3 Å². The van der Waals surface area contributed by atoms with Gasteiger partial charge in [0.25, 0.3) is 0 Å². The molecule has 4 heteroatoms. The number of ether oxygens (including phenoxy) is 1. The van der Waals surface area contributed by atoms with Crippen LogP contribution in [0.3, 0.4) is 0 Å². The Morgan fingerprint density at radius 3 is 2.50 bits per heavy atom. The van der Waals surface area contributed by atoms with Gasteiger partial charge in [0, 0.05) is 4.47 Å². The molecule has 0 bridgehead atoms. The van der Waals surface area contributed by atoms with Gasteiger partial charge >= 0.3 is 5.97 Å². The van der Waals surface area contributed by atoms with E-state index in [1.54, 1.807) is 18.2 Å². The third kappa shape index (κ3) is 3.02. The third-order valence-corrected chi connectivity index (χ3v) is 4.22. The molecule has 0 heterocycles. The fourth-order valence-electron chi connectivity index (χ4n) is 2.20. The SMILES string of the molecule is O=C(OCc1ccc(F)cc1)c1ccc2ccccc2c1Br. The largest absolute Gasteiger partial charge is 0.457 e. The summed E-state index contributed by atoms with van der Waals surface area (Å²) in [5.41, 5.74) is 1.22. The van der Waals surface area contributed by atoms with E-state index in [0.717, 1.165) is 20.8 Å². The van der Waals surface area contributed by atoms with E-state index in [2.05, 4.69) is 15.9 Å². The Bertz CT molecular complexity index is 828. The minimum Gasteiger partial charge on any atom is -0.457 e. The maximum absolute atomic E-state index is 12.8. The maximum atomic E-state index is 12.8. The van der Waals surface area contributed by atoms with Crippen LogP contribution in [-0.4, -0.2) is 5.97 Å². The van der Waals surface area contributed by atoms with Gasteiger partial charge in [-0.25, -0.2) is 9.18 Å². The molecular weight excluding hydrogens is 347 g/mol. The van der Waals surface area contributed by atoms with E-state index >= 15 is 0 Å². The summed E-state index contributed by atoms with van der Waals surface area (Å²) >= 11 is 3.47. The van der Waals surface area contributed by atoms with Crippen molar-refractivity contribution >= 4 is 32.7 Å². The molecule has 22 heavy (non-hydrogen) atoms. The Morgan fingerprint density at radius 2 is 1.73 bits per heavy atom. The summed E-state index contributed by atoms with van der Waals surface area (Å²) in [6, 6.07) is 17.3. The maximum Gasteiger partial charge on any atom is 0.339 e. The van der Waals surface area contributed by atoms with Crippen LogP contribution in [0.25, 0.3) is 10.8 Å². The summed E-state index contributed by atoms with van der Waals surface area (Å²) in [5.74, 6) is -0.727. The van der Waals surface area contributed by atoms with Crippen LogP contribution in [0.1, 0.15) is 15.9 Å². The van der Waals surface area contributed by atoms with Crippen molar-refractivity contribution in [2.24, 2.45) is 0 Å². The van der Waals surface area contributed by atoms with Gasteiger partial charge in [-0.05, 0) is 50.5 Å². The Labute approximate surface area is 135 Å². The predicted octanol–water partition coefficient (Wildman–Crippen LogP) is 5.10. The quantitative estimate of drug-likeness (QED) is 0.609. The lowest BCUT2D eigenvalue weighted by Crippen LogP contribution is -2.06. The number of carbonyl (C=O) groups excluding carboxylic acids is 1. The minimum absolute atomic E-state index is 0.110. The molecule has 0 atom stereocenters. The summed E-state index contributed by atoms with van der Waals surface area (Å²) in [7, 11) is 0.